The van der Waals surface area contributed by atoms with Crippen molar-refractivity contribution in [2.75, 3.05) is 0 Å². The van der Waals surface area contributed by atoms with Gasteiger partial charge >= 0.3 is 53.8 Å². The van der Waals surface area contributed by atoms with E-state index in [2.05, 4.69) is 27.7 Å². The first kappa shape index (κ1) is 12.0. The fraction of sp³-hybridized carbons (Fsp3) is 1.00. The second kappa shape index (κ2) is 6.37. The van der Waals surface area contributed by atoms with E-state index in [0.29, 0.717) is 0 Å². The first-order valence-corrected chi connectivity index (χ1v) is 6.55. The van der Waals surface area contributed by atoms with Crippen molar-refractivity contribution in [1.82, 2.24) is 0 Å². The summed E-state index contributed by atoms with van der Waals surface area (Å²) in [5.41, 5.74) is 0. The maximum atomic E-state index is 2.35. The Morgan fingerprint density at radius 2 is 1.12 bits per heavy atom. The van der Waals surface area contributed by atoms with Gasteiger partial charge in [-0.3, -0.25) is 0 Å². The molecule has 0 radical (unpaired) electrons. The van der Waals surface area contributed by atoms with Gasteiger partial charge in [0.2, 0.25) is 0 Å². The Morgan fingerprint density at radius 3 is 1.12 bits per heavy atom. The molecule has 0 heterocycles. The van der Waals surface area contributed by atoms with Gasteiger partial charge in [0.15, 0.2) is 0 Å². The van der Waals surface area contributed by atoms with Crippen molar-refractivity contribution in [2.24, 2.45) is 0 Å². The van der Waals surface area contributed by atoms with E-state index in [1.54, 1.807) is 0 Å². The Hall–Kier alpha value is 1.25. The van der Waals surface area contributed by atoms with E-state index in [1.807, 2.05) is 0 Å². The molecule has 42 valence electrons. The number of rotatable bonds is 2. The van der Waals surface area contributed by atoms with Crippen molar-refractivity contribution in [1.29, 1.82) is 0 Å². The smallest absolute Gasteiger partial charge is 0 e. The van der Waals surface area contributed by atoms with Gasteiger partial charge in [-0.2, -0.15) is 0 Å². The summed E-state index contributed by atoms with van der Waals surface area (Å²) in [5.74, 6) is 0. The summed E-state index contributed by atoms with van der Waals surface area (Å²) >= 11 is -0.0972. The molecule has 8 heavy (non-hydrogen) atoms. The van der Waals surface area contributed by atoms with E-state index in [-0.39, 0.29) is 36.6 Å². The normalized spacial score (nSPS) is 8.75. The topological polar surface area (TPSA) is 0 Å². The number of hydrogen-bond donors (Lipinski definition) is 0. The van der Waals surface area contributed by atoms with Gasteiger partial charge in [0.1, 0.15) is 0 Å². The molecule has 0 rings (SSSR count). The molecule has 0 atom stereocenters. The van der Waals surface area contributed by atoms with Gasteiger partial charge in [0.05, 0.1) is 0 Å². The van der Waals surface area contributed by atoms with Crippen LogP contribution in [0.5, 0.6) is 0 Å². The second-order valence-corrected chi connectivity index (χ2v) is 10.9. The van der Waals surface area contributed by atoms with Crippen molar-refractivity contribution < 1.29 is 36.6 Å². The molecule has 0 spiro atoms. The Labute approximate surface area is 73.2 Å². The summed E-state index contributed by atoms with van der Waals surface area (Å²) in [6, 6.07) is 0. The average molecular weight is 217 g/mol. The third-order valence-electron chi connectivity index (χ3n) is 0.943. The molecule has 0 saturated carbocycles. The van der Waals surface area contributed by atoms with Crippen LogP contribution >= 0.6 is 0 Å². The summed E-state index contributed by atoms with van der Waals surface area (Å²) in [4.78, 5) is 0. The Morgan fingerprint density at radius 1 is 0.875 bits per heavy atom. The van der Waals surface area contributed by atoms with Crippen LogP contribution in [0.2, 0.25) is 9.02 Å². The molecule has 0 aliphatic heterocycles. The van der Waals surface area contributed by atoms with Crippen LogP contribution in [0.4, 0.5) is 0 Å². The molecule has 2 heteroatoms. The molecule has 0 bridgehead atoms. The van der Waals surface area contributed by atoms with E-state index < -0.39 is 0 Å². The fourth-order valence-corrected chi connectivity index (χ4v) is 4.90. The second-order valence-electron chi connectivity index (χ2n) is 3.02. The minimum absolute atomic E-state index is 0. The fourth-order valence-electron chi connectivity index (χ4n) is 0.943. The van der Waals surface area contributed by atoms with Gasteiger partial charge in [0.25, 0.3) is 0 Å². The van der Waals surface area contributed by atoms with Gasteiger partial charge in [0, 0.05) is 19.5 Å². The molecule has 0 amide bonds. The number of hydrogen-bond acceptors (Lipinski definition) is 0. The van der Waals surface area contributed by atoms with Crippen LogP contribution < -0.4 is 0 Å². The summed E-state index contributed by atoms with van der Waals surface area (Å²) in [7, 11) is 0. The zero-order valence-corrected chi connectivity index (χ0v) is 12.5. The molecular weight excluding hydrogens is 203 g/mol. The van der Waals surface area contributed by atoms with E-state index >= 15 is 0 Å². The van der Waals surface area contributed by atoms with Crippen molar-refractivity contribution in [2.45, 2.75) is 36.7 Å². The standard InChI is InChI=1S/2C3H7.2Zn/c2*1-3-2;;/h2*3H,1-2H3;;. The van der Waals surface area contributed by atoms with E-state index in [9.17, 15) is 0 Å². The van der Waals surface area contributed by atoms with Crippen LogP contribution in [0, 0.1) is 0 Å². The Kier molecular flexibility index (Phi) is 9.53. The van der Waals surface area contributed by atoms with Gasteiger partial charge < -0.3 is 0 Å². The summed E-state index contributed by atoms with van der Waals surface area (Å²) < 4.78 is 2.12. The molecule has 0 aliphatic carbocycles. The molecular formula is C6H14Zn2. The van der Waals surface area contributed by atoms with Crippen molar-refractivity contribution >= 4 is 0 Å². The monoisotopic (exact) mass is 214 g/mol. The van der Waals surface area contributed by atoms with Crippen molar-refractivity contribution in [3.05, 3.63) is 0 Å². The van der Waals surface area contributed by atoms with Crippen molar-refractivity contribution in [3.8, 4) is 0 Å². The van der Waals surface area contributed by atoms with E-state index in [0.717, 1.165) is 9.02 Å². The molecule has 0 aromatic carbocycles. The zero-order valence-electron chi connectivity index (χ0n) is 6.57. The predicted molar refractivity (Wildman–Crippen MR) is 30.2 cm³/mol. The molecule has 0 aromatic heterocycles. The molecule has 0 fully saturated rings. The van der Waals surface area contributed by atoms with Crippen molar-refractivity contribution in [3.63, 3.8) is 0 Å². The molecule has 0 nitrogen and oxygen atoms in total. The minimum Gasteiger partial charge on any atom is 0 e. The average Bonchev–Trinajstić information content (AvgIpc) is 1.27. The molecule has 0 unspecified atom stereocenters. The minimum atomic E-state index is -0.0972. The molecule has 0 saturated heterocycles. The van der Waals surface area contributed by atoms with E-state index in [4.69, 9.17) is 0 Å². The largest absolute Gasteiger partial charge is 0 e. The first-order chi connectivity index (χ1) is 3.13. The maximum Gasteiger partial charge on any atom is 0 e. The van der Waals surface area contributed by atoms with Crippen LogP contribution in [0.1, 0.15) is 27.7 Å². The quantitative estimate of drug-likeness (QED) is 0.623. The van der Waals surface area contributed by atoms with Gasteiger partial charge in [-0.1, -0.05) is 0 Å². The van der Waals surface area contributed by atoms with Gasteiger partial charge in [-0.25, -0.2) is 0 Å². The van der Waals surface area contributed by atoms with Crippen LogP contribution in [0.15, 0.2) is 0 Å². The molecule has 0 aliphatic rings. The van der Waals surface area contributed by atoms with E-state index in [1.165, 1.54) is 0 Å². The van der Waals surface area contributed by atoms with Crippen LogP contribution in [-0.2, 0) is 36.6 Å². The first-order valence-electron chi connectivity index (χ1n) is 3.13. The Bertz CT molecular complexity index is 35.8. The predicted octanol–water partition coefficient (Wildman–Crippen LogP) is 2.72. The van der Waals surface area contributed by atoms with Gasteiger partial charge in [-0.15, -0.1) is 0 Å². The Balaban J connectivity index is 0. The third kappa shape index (κ3) is 10.3. The molecule has 0 aromatic rings. The SMILES string of the molecule is C[CH](C)[Zn][CH](C)C.[Zn]. The van der Waals surface area contributed by atoms with Crippen LogP contribution in [-0.4, -0.2) is 0 Å². The summed E-state index contributed by atoms with van der Waals surface area (Å²) in [6.45, 7) is 9.39. The third-order valence-corrected chi connectivity index (χ3v) is 4.90. The van der Waals surface area contributed by atoms with Crippen LogP contribution in [0.25, 0.3) is 0 Å². The van der Waals surface area contributed by atoms with Crippen LogP contribution in [0.3, 0.4) is 0 Å². The zero-order chi connectivity index (χ0) is 5.86. The van der Waals surface area contributed by atoms with Gasteiger partial charge in [-0.05, 0) is 0 Å². The maximum absolute atomic E-state index is 2.35. The summed E-state index contributed by atoms with van der Waals surface area (Å²) in [5, 5.41) is 0. The summed E-state index contributed by atoms with van der Waals surface area (Å²) in [6.07, 6.45) is 0. The molecule has 0 N–H and O–H groups in total.